The summed E-state index contributed by atoms with van der Waals surface area (Å²) < 4.78 is 0. The van der Waals surface area contributed by atoms with Gasteiger partial charge in [-0.25, -0.2) is 0 Å². The van der Waals surface area contributed by atoms with E-state index in [2.05, 4.69) is 9.98 Å². The highest BCUT2D eigenvalue weighted by atomic mass is 14.8. The fraction of sp³-hybridized carbons (Fsp3) is 0. The molecule has 2 aromatic rings. The van der Waals surface area contributed by atoms with Gasteiger partial charge in [-0.2, -0.15) is 0 Å². The number of aromatic nitrogens is 1. The van der Waals surface area contributed by atoms with Crippen molar-refractivity contribution < 1.29 is 0 Å². The largest absolute Gasteiger partial charge is 0.399 e. The number of pyridine rings is 1. The molecule has 0 saturated heterocycles. The third-order valence-electron chi connectivity index (χ3n) is 1.93. The predicted octanol–water partition coefficient (Wildman–Crippen LogP) is 2.41. The Kier molecular flexibility index (Phi) is 2.74. The number of aliphatic imine (C=N–C) groups is 1. The number of hydrogen-bond acceptors (Lipinski definition) is 3. The van der Waals surface area contributed by atoms with Crippen LogP contribution in [0, 0.1) is 0 Å². The van der Waals surface area contributed by atoms with Gasteiger partial charge in [0.2, 0.25) is 0 Å². The molecule has 1 heterocycles. The first-order valence-electron chi connectivity index (χ1n) is 4.65. The van der Waals surface area contributed by atoms with Gasteiger partial charge in [-0.1, -0.05) is 6.07 Å². The Balaban J connectivity index is 2.15. The Morgan fingerprint density at radius 3 is 2.53 bits per heavy atom. The van der Waals surface area contributed by atoms with Crippen LogP contribution in [0.1, 0.15) is 5.69 Å². The SMILES string of the molecule is Nc1ccc(/N=C/c2ccccn2)cc1. The lowest BCUT2D eigenvalue weighted by Gasteiger charge is -1.94. The Morgan fingerprint density at radius 1 is 1.07 bits per heavy atom. The smallest absolute Gasteiger partial charge is 0.0812 e. The van der Waals surface area contributed by atoms with Gasteiger partial charge in [0.25, 0.3) is 0 Å². The molecule has 0 aliphatic carbocycles. The molecule has 0 saturated carbocycles. The van der Waals surface area contributed by atoms with Crippen molar-refractivity contribution in [1.29, 1.82) is 0 Å². The number of anilines is 1. The van der Waals surface area contributed by atoms with Crippen LogP contribution in [0.15, 0.2) is 53.7 Å². The Hall–Kier alpha value is -2.16. The summed E-state index contributed by atoms with van der Waals surface area (Å²) in [4.78, 5) is 8.41. The van der Waals surface area contributed by atoms with E-state index in [1.807, 2.05) is 42.5 Å². The zero-order valence-electron chi connectivity index (χ0n) is 8.17. The summed E-state index contributed by atoms with van der Waals surface area (Å²) in [5.74, 6) is 0. The van der Waals surface area contributed by atoms with Crippen LogP contribution in [-0.2, 0) is 0 Å². The lowest BCUT2D eigenvalue weighted by molar-refractivity contribution is 1.30. The topological polar surface area (TPSA) is 51.3 Å². The molecule has 3 nitrogen and oxygen atoms in total. The Labute approximate surface area is 88.3 Å². The monoisotopic (exact) mass is 197 g/mol. The molecule has 0 fully saturated rings. The highest BCUT2D eigenvalue weighted by Gasteiger charge is 1.89. The van der Waals surface area contributed by atoms with E-state index >= 15 is 0 Å². The van der Waals surface area contributed by atoms with Crippen LogP contribution >= 0.6 is 0 Å². The van der Waals surface area contributed by atoms with E-state index in [-0.39, 0.29) is 0 Å². The lowest BCUT2D eigenvalue weighted by Crippen LogP contribution is -1.84. The molecule has 15 heavy (non-hydrogen) atoms. The second-order valence-electron chi connectivity index (χ2n) is 3.10. The molecule has 2 N–H and O–H groups in total. The van der Waals surface area contributed by atoms with Crippen molar-refractivity contribution in [3.63, 3.8) is 0 Å². The molecule has 0 amide bonds. The van der Waals surface area contributed by atoms with Crippen LogP contribution in [0.5, 0.6) is 0 Å². The van der Waals surface area contributed by atoms with E-state index in [0.717, 1.165) is 17.1 Å². The molecular weight excluding hydrogens is 186 g/mol. The molecule has 1 aromatic carbocycles. The third-order valence-corrected chi connectivity index (χ3v) is 1.93. The van der Waals surface area contributed by atoms with Crippen molar-refractivity contribution >= 4 is 17.6 Å². The minimum Gasteiger partial charge on any atom is -0.399 e. The average molecular weight is 197 g/mol. The van der Waals surface area contributed by atoms with Crippen molar-refractivity contribution in [3.05, 3.63) is 54.4 Å². The molecule has 0 atom stereocenters. The van der Waals surface area contributed by atoms with E-state index in [9.17, 15) is 0 Å². The summed E-state index contributed by atoms with van der Waals surface area (Å²) in [6.07, 6.45) is 3.47. The van der Waals surface area contributed by atoms with Crippen molar-refractivity contribution in [2.75, 3.05) is 5.73 Å². The highest BCUT2D eigenvalue weighted by Crippen LogP contribution is 2.13. The van der Waals surface area contributed by atoms with Gasteiger partial charge in [-0.3, -0.25) is 9.98 Å². The Morgan fingerprint density at radius 2 is 1.87 bits per heavy atom. The fourth-order valence-corrected chi connectivity index (χ4v) is 1.15. The molecule has 0 radical (unpaired) electrons. The van der Waals surface area contributed by atoms with E-state index in [4.69, 9.17) is 5.73 Å². The number of hydrogen-bond donors (Lipinski definition) is 1. The van der Waals surface area contributed by atoms with Gasteiger partial charge in [0.15, 0.2) is 0 Å². The minimum absolute atomic E-state index is 0.742. The molecule has 74 valence electrons. The minimum atomic E-state index is 0.742. The fourth-order valence-electron chi connectivity index (χ4n) is 1.15. The first kappa shape index (κ1) is 9.40. The Bertz CT molecular complexity index is 446. The molecule has 0 bridgehead atoms. The van der Waals surface area contributed by atoms with E-state index in [0.29, 0.717) is 0 Å². The molecular formula is C12H11N3. The average Bonchev–Trinajstić information content (AvgIpc) is 2.30. The van der Waals surface area contributed by atoms with Crippen LogP contribution in [0.25, 0.3) is 0 Å². The molecule has 0 aliphatic rings. The lowest BCUT2D eigenvalue weighted by atomic mass is 10.3. The second kappa shape index (κ2) is 4.37. The highest BCUT2D eigenvalue weighted by molar-refractivity contribution is 5.79. The van der Waals surface area contributed by atoms with Crippen molar-refractivity contribution in [2.45, 2.75) is 0 Å². The first-order valence-corrected chi connectivity index (χ1v) is 4.65. The van der Waals surface area contributed by atoms with Crippen LogP contribution in [0.4, 0.5) is 11.4 Å². The van der Waals surface area contributed by atoms with E-state index in [1.54, 1.807) is 12.4 Å². The summed E-state index contributed by atoms with van der Waals surface area (Å²) in [6, 6.07) is 13.1. The van der Waals surface area contributed by atoms with Crippen LogP contribution in [-0.4, -0.2) is 11.2 Å². The van der Waals surface area contributed by atoms with Crippen molar-refractivity contribution in [1.82, 2.24) is 4.98 Å². The summed E-state index contributed by atoms with van der Waals surface area (Å²) in [5.41, 5.74) is 8.02. The number of nitrogens with zero attached hydrogens (tertiary/aromatic N) is 2. The van der Waals surface area contributed by atoms with E-state index in [1.165, 1.54) is 0 Å². The zero-order chi connectivity index (χ0) is 10.5. The normalized spacial score (nSPS) is 10.7. The summed E-state index contributed by atoms with van der Waals surface area (Å²) >= 11 is 0. The van der Waals surface area contributed by atoms with Crippen LogP contribution < -0.4 is 5.73 Å². The maximum absolute atomic E-state index is 5.57. The summed E-state index contributed by atoms with van der Waals surface area (Å²) in [7, 11) is 0. The molecule has 0 aliphatic heterocycles. The van der Waals surface area contributed by atoms with Gasteiger partial charge in [-0.15, -0.1) is 0 Å². The van der Waals surface area contributed by atoms with Gasteiger partial charge in [0, 0.05) is 11.9 Å². The van der Waals surface area contributed by atoms with Gasteiger partial charge in [-0.05, 0) is 36.4 Å². The van der Waals surface area contributed by atoms with Gasteiger partial charge in [0.05, 0.1) is 17.6 Å². The van der Waals surface area contributed by atoms with Gasteiger partial charge in [0.1, 0.15) is 0 Å². The maximum atomic E-state index is 5.57. The van der Waals surface area contributed by atoms with Crippen LogP contribution in [0.3, 0.4) is 0 Å². The van der Waals surface area contributed by atoms with E-state index < -0.39 is 0 Å². The summed E-state index contributed by atoms with van der Waals surface area (Å²) in [6.45, 7) is 0. The first-order chi connectivity index (χ1) is 7.34. The molecule has 2 rings (SSSR count). The van der Waals surface area contributed by atoms with Crippen molar-refractivity contribution in [3.8, 4) is 0 Å². The standard InChI is InChI=1S/C12H11N3/c13-10-4-6-11(7-5-10)15-9-12-3-1-2-8-14-12/h1-9H,13H2/b15-9+. The number of nitrogens with two attached hydrogens (primary N) is 1. The number of nitrogen functional groups attached to an aromatic ring is 1. The summed E-state index contributed by atoms with van der Waals surface area (Å²) in [5, 5.41) is 0. The number of benzene rings is 1. The van der Waals surface area contributed by atoms with Crippen molar-refractivity contribution in [2.24, 2.45) is 4.99 Å². The second-order valence-corrected chi connectivity index (χ2v) is 3.10. The number of rotatable bonds is 2. The molecule has 1 aromatic heterocycles. The quantitative estimate of drug-likeness (QED) is 0.593. The predicted molar refractivity (Wildman–Crippen MR) is 62.3 cm³/mol. The molecule has 0 unspecified atom stereocenters. The molecule has 3 heteroatoms. The van der Waals surface area contributed by atoms with Crippen LogP contribution in [0.2, 0.25) is 0 Å². The zero-order valence-corrected chi connectivity index (χ0v) is 8.17. The molecule has 0 spiro atoms. The van der Waals surface area contributed by atoms with Gasteiger partial charge < -0.3 is 5.73 Å². The van der Waals surface area contributed by atoms with Gasteiger partial charge >= 0.3 is 0 Å². The third kappa shape index (κ3) is 2.64. The maximum Gasteiger partial charge on any atom is 0.0812 e.